The zero-order valence-electron chi connectivity index (χ0n) is 12.2. The second-order valence-electron chi connectivity index (χ2n) is 5.91. The lowest BCUT2D eigenvalue weighted by Crippen LogP contribution is -2.41. The highest BCUT2D eigenvalue weighted by molar-refractivity contribution is 7.12. The maximum atomic E-state index is 9.57. The molecule has 0 amide bonds. The molecule has 2 heterocycles. The number of hydrogen-bond acceptors (Lipinski definition) is 4. The van der Waals surface area contributed by atoms with Crippen LogP contribution in [0.25, 0.3) is 6.08 Å². The minimum atomic E-state index is -0.475. The Morgan fingerprint density at radius 2 is 1.84 bits per heavy atom. The lowest BCUT2D eigenvalue weighted by atomic mass is 9.78. The van der Waals surface area contributed by atoms with Gasteiger partial charge in [0, 0.05) is 9.75 Å². The molecule has 5 heteroatoms. The monoisotopic (exact) mass is 280 g/mol. The molecule has 0 bridgehead atoms. The van der Waals surface area contributed by atoms with Crippen LogP contribution in [-0.4, -0.2) is 30.0 Å². The summed E-state index contributed by atoms with van der Waals surface area (Å²) in [5, 5.41) is 9.57. The molecule has 0 aliphatic carbocycles. The maximum Gasteiger partial charge on any atom is 0.492 e. The van der Waals surface area contributed by atoms with Crippen LogP contribution in [0.3, 0.4) is 0 Å². The second kappa shape index (κ2) is 5.06. The third kappa shape index (κ3) is 2.94. The van der Waals surface area contributed by atoms with E-state index in [4.69, 9.17) is 9.31 Å². The minimum Gasteiger partial charge on any atom is -0.400 e. The van der Waals surface area contributed by atoms with E-state index in [-0.39, 0.29) is 17.8 Å². The van der Waals surface area contributed by atoms with Gasteiger partial charge in [-0.3, -0.25) is 0 Å². The van der Waals surface area contributed by atoms with Crippen LogP contribution in [0.4, 0.5) is 0 Å². The molecule has 0 radical (unpaired) electrons. The van der Waals surface area contributed by atoms with Crippen molar-refractivity contribution in [2.24, 2.45) is 0 Å². The molecule has 1 saturated heterocycles. The van der Waals surface area contributed by atoms with Gasteiger partial charge in [0.25, 0.3) is 0 Å². The summed E-state index contributed by atoms with van der Waals surface area (Å²) in [4.78, 5) is 2.36. The van der Waals surface area contributed by atoms with Gasteiger partial charge in [-0.05, 0) is 58.3 Å². The molecule has 1 aliphatic rings. The number of hydrogen-bond donors (Lipinski definition) is 1. The first-order valence-corrected chi connectivity index (χ1v) is 7.30. The van der Waals surface area contributed by atoms with E-state index in [1.165, 1.54) is 4.88 Å². The average molecular weight is 280 g/mol. The number of rotatable bonds is 3. The first kappa shape index (κ1) is 14.8. The van der Waals surface area contributed by atoms with E-state index in [9.17, 15) is 5.11 Å². The first-order chi connectivity index (χ1) is 8.75. The van der Waals surface area contributed by atoms with Gasteiger partial charge in [0.05, 0.1) is 17.8 Å². The zero-order chi connectivity index (χ0) is 14.3. The molecular weight excluding hydrogens is 259 g/mol. The standard InChI is InChI=1S/C14H21BO3S/c1-10-6-7-12(19-10)8-11(9-16)15-17-13(2,3)14(4,5)18-15/h6-8,16H,9H2,1-5H3. The molecule has 3 nitrogen and oxygen atoms in total. The first-order valence-electron chi connectivity index (χ1n) is 6.48. The lowest BCUT2D eigenvalue weighted by Gasteiger charge is -2.32. The fourth-order valence-electron chi connectivity index (χ4n) is 1.90. The minimum absolute atomic E-state index is 0.0617. The van der Waals surface area contributed by atoms with Crippen LogP contribution in [0.2, 0.25) is 0 Å². The third-order valence-electron chi connectivity index (χ3n) is 3.83. The number of aliphatic hydroxyl groups excluding tert-OH is 1. The molecule has 0 unspecified atom stereocenters. The van der Waals surface area contributed by atoms with Gasteiger partial charge in [-0.15, -0.1) is 11.3 Å². The van der Waals surface area contributed by atoms with Crippen molar-refractivity contribution in [3.05, 3.63) is 27.4 Å². The molecule has 0 spiro atoms. The van der Waals surface area contributed by atoms with Gasteiger partial charge in [-0.2, -0.15) is 0 Å². The fourth-order valence-corrected chi connectivity index (χ4v) is 2.75. The fraction of sp³-hybridized carbons (Fsp3) is 0.571. The molecule has 1 fully saturated rings. The SMILES string of the molecule is Cc1ccc(C=C(CO)B2OC(C)(C)C(C)(C)O2)s1. The Balaban J connectivity index is 2.23. The summed E-state index contributed by atoms with van der Waals surface area (Å²) in [6.07, 6.45) is 1.96. The van der Waals surface area contributed by atoms with Gasteiger partial charge in [-0.1, -0.05) is 0 Å². The van der Waals surface area contributed by atoms with Crippen molar-refractivity contribution in [3.63, 3.8) is 0 Å². The Kier molecular flexibility index (Phi) is 3.93. The van der Waals surface area contributed by atoms with Crippen molar-refractivity contribution in [1.29, 1.82) is 0 Å². The van der Waals surface area contributed by atoms with E-state index < -0.39 is 7.12 Å². The lowest BCUT2D eigenvalue weighted by molar-refractivity contribution is 0.00578. The normalized spacial score (nSPS) is 22.0. The van der Waals surface area contributed by atoms with Crippen LogP contribution >= 0.6 is 11.3 Å². The number of thiophene rings is 1. The molecule has 2 rings (SSSR count). The maximum absolute atomic E-state index is 9.57. The summed E-state index contributed by atoms with van der Waals surface area (Å²) in [7, 11) is -0.475. The Morgan fingerprint density at radius 3 is 2.26 bits per heavy atom. The van der Waals surface area contributed by atoms with Crippen molar-refractivity contribution in [3.8, 4) is 0 Å². The van der Waals surface area contributed by atoms with E-state index in [0.717, 1.165) is 10.3 Å². The molecule has 0 atom stereocenters. The van der Waals surface area contributed by atoms with Crippen molar-refractivity contribution in [2.75, 3.05) is 6.61 Å². The smallest absolute Gasteiger partial charge is 0.400 e. The summed E-state index contributed by atoms with van der Waals surface area (Å²) in [5.74, 6) is 0. The summed E-state index contributed by atoms with van der Waals surface area (Å²) < 4.78 is 11.9. The van der Waals surface area contributed by atoms with Crippen molar-refractivity contribution >= 4 is 24.5 Å². The molecule has 19 heavy (non-hydrogen) atoms. The van der Waals surface area contributed by atoms with Gasteiger partial charge in [0.1, 0.15) is 0 Å². The van der Waals surface area contributed by atoms with Gasteiger partial charge in [0.15, 0.2) is 0 Å². The predicted molar refractivity (Wildman–Crippen MR) is 80.2 cm³/mol. The third-order valence-corrected chi connectivity index (χ3v) is 4.78. The summed E-state index contributed by atoms with van der Waals surface area (Å²) >= 11 is 1.69. The Morgan fingerprint density at radius 1 is 1.26 bits per heavy atom. The average Bonchev–Trinajstić information content (AvgIpc) is 2.78. The quantitative estimate of drug-likeness (QED) is 0.865. The van der Waals surface area contributed by atoms with Crippen molar-refractivity contribution < 1.29 is 14.4 Å². The molecule has 1 aromatic heterocycles. The molecule has 1 aliphatic heterocycles. The van der Waals surface area contributed by atoms with E-state index >= 15 is 0 Å². The molecule has 0 saturated carbocycles. The van der Waals surface area contributed by atoms with Gasteiger partial charge < -0.3 is 14.4 Å². The van der Waals surface area contributed by atoms with Crippen LogP contribution in [0.5, 0.6) is 0 Å². The summed E-state index contributed by atoms with van der Waals surface area (Å²) in [5.41, 5.74) is 0.00898. The van der Waals surface area contributed by atoms with Crippen molar-refractivity contribution in [2.45, 2.75) is 45.8 Å². The Hall–Kier alpha value is -0.615. The highest BCUT2D eigenvalue weighted by Crippen LogP contribution is 2.38. The molecule has 1 aromatic rings. The summed E-state index contributed by atoms with van der Waals surface area (Å²) in [6.45, 7) is 10.0. The number of aryl methyl sites for hydroxylation is 1. The van der Waals surface area contributed by atoms with Gasteiger partial charge in [-0.25, -0.2) is 0 Å². The molecule has 1 N–H and O–H groups in total. The van der Waals surface area contributed by atoms with E-state index in [0.29, 0.717) is 0 Å². The largest absolute Gasteiger partial charge is 0.492 e. The van der Waals surface area contributed by atoms with Crippen LogP contribution in [-0.2, 0) is 9.31 Å². The Labute approximate surface area is 119 Å². The van der Waals surface area contributed by atoms with Crippen LogP contribution in [0, 0.1) is 6.92 Å². The Bertz CT molecular complexity index is 475. The van der Waals surface area contributed by atoms with Crippen LogP contribution < -0.4 is 0 Å². The molecule has 0 aromatic carbocycles. The van der Waals surface area contributed by atoms with E-state index in [2.05, 4.69) is 13.0 Å². The molecule has 104 valence electrons. The van der Waals surface area contributed by atoms with Gasteiger partial charge in [0.2, 0.25) is 0 Å². The van der Waals surface area contributed by atoms with E-state index in [1.54, 1.807) is 11.3 Å². The highest BCUT2D eigenvalue weighted by Gasteiger charge is 2.52. The summed E-state index contributed by atoms with van der Waals surface area (Å²) in [6, 6.07) is 4.11. The second-order valence-corrected chi connectivity index (χ2v) is 7.23. The topological polar surface area (TPSA) is 38.7 Å². The molecular formula is C14H21BO3S. The zero-order valence-corrected chi connectivity index (χ0v) is 13.0. The van der Waals surface area contributed by atoms with Crippen LogP contribution in [0.1, 0.15) is 37.4 Å². The van der Waals surface area contributed by atoms with Crippen molar-refractivity contribution in [1.82, 2.24) is 0 Å². The van der Waals surface area contributed by atoms with E-state index in [1.807, 2.05) is 39.8 Å². The highest BCUT2D eigenvalue weighted by atomic mass is 32.1. The van der Waals surface area contributed by atoms with Gasteiger partial charge >= 0.3 is 7.12 Å². The predicted octanol–water partition coefficient (Wildman–Crippen LogP) is 3.06. The number of aliphatic hydroxyl groups is 1. The van der Waals surface area contributed by atoms with Crippen LogP contribution in [0.15, 0.2) is 17.6 Å².